The quantitative estimate of drug-likeness (QED) is 0.407. The number of aliphatic hydroxyl groups excluding tert-OH is 1. The minimum absolute atomic E-state index is 0. The molecule has 16 heavy (non-hydrogen) atoms. The molecule has 4 nitrogen and oxygen atoms in total. The van der Waals surface area contributed by atoms with Gasteiger partial charge in [0.15, 0.2) is 0 Å². The second kappa shape index (κ2) is 19.9. The first-order valence-corrected chi connectivity index (χ1v) is 5.42. The summed E-state index contributed by atoms with van der Waals surface area (Å²) in [6.45, 7) is 2.70. The first-order valence-electron chi connectivity index (χ1n) is 5.42. The minimum Gasteiger partial charge on any atom is -0.665 e. The Balaban J connectivity index is -0.000000377. The third-order valence-corrected chi connectivity index (χ3v) is 1.99. The van der Waals surface area contributed by atoms with Crippen LogP contribution in [0.15, 0.2) is 0 Å². The van der Waals surface area contributed by atoms with Crippen LogP contribution in [0, 0.1) is 0 Å². The van der Waals surface area contributed by atoms with Gasteiger partial charge >= 0.3 is 23.0 Å². The van der Waals surface area contributed by atoms with Gasteiger partial charge in [0.2, 0.25) is 0 Å². The second-order valence-corrected chi connectivity index (χ2v) is 3.36. The van der Waals surface area contributed by atoms with Crippen LogP contribution in [-0.2, 0) is 26.7 Å². The van der Waals surface area contributed by atoms with Crippen molar-refractivity contribution >= 4 is 12.4 Å². The molecule has 5 heteroatoms. The smallest absolute Gasteiger partial charge is 0.665 e. The average molecular weight is 281 g/mol. The van der Waals surface area contributed by atoms with Crippen molar-refractivity contribution in [1.29, 1.82) is 0 Å². The van der Waals surface area contributed by atoms with E-state index < -0.39 is 5.97 Å². The van der Waals surface area contributed by atoms with Gasteiger partial charge in [-0.3, -0.25) is 4.79 Å². The number of aliphatic carboxylic acids is 1. The Hall–Kier alpha value is -0.541. The van der Waals surface area contributed by atoms with Gasteiger partial charge in [0.25, 0.3) is 0 Å². The topological polar surface area (TPSA) is 74.6 Å². The number of hydrogen-bond acceptors (Lipinski definition) is 2. The van der Waals surface area contributed by atoms with Crippen LogP contribution in [0.4, 0.5) is 0 Å². The van der Waals surface area contributed by atoms with Gasteiger partial charge in [-0.2, -0.15) is 0 Å². The summed E-state index contributed by atoms with van der Waals surface area (Å²) >= 11 is 0. The van der Waals surface area contributed by atoms with E-state index >= 15 is 0 Å². The molecule has 0 rings (SSSR count). The molecular formula is C11H21CuO4. The van der Waals surface area contributed by atoms with E-state index in [2.05, 4.69) is 6.92 Å². The number of carboxylic acid groups (broad SMARTS) is 1. The van der Waals surface area contributed by atoms with E-state index in [1.54, 1.807) is 0 Å². The van der Waals surface area contributed by atoms with Gasteiger partial charge in [0, 0.05) is 6.42 Å². The van der Waals surface area contributed by atoms with Gasteiger partial charge in [-0.05, 0) is 6.42 Å². The molecule has 0 aliphatic rings. The molecule has 0 aromatic heterocycles. The molecule has 0 heterocycles. The summed E-state index contributed by atoms with van der Waals surface area (Å²) in [6, 6.07) is 0. The van der Waals surface area contributed by atoms with E-state index in [0.29, 0.717) is 12.9 Å². The Kier molecular flexibility index (Phi) is 26.0. The molecular weight excluding hydrogens is 260 g/mol. The molecule has 0 bridgehead atoms. The summed E-state index contributed by atoms with van der Waals surface area (Å²) in [4.78, 5) is 18.4. The molecule has 0 aliphatic carbocycles. The molecule has 2 N–H and O–H groups in total. The molecule has 0 aromatic rings. The van der Waals surface area contributed by atoms with E-state index in [1.807, 2.05) is 0 Å². The van der Waals surface area contributed by atoms with Gasteiger partial charge in [0.05, 0.1) is 0 Å². The van der Waals surface area contributed by atoms with E-state index in [1.165, 1.54) is 32.1 Å². The zero-order valence-corrected chi connectivity index (χ0v) is 10.6. The largest absolute Gasteiger partial charge is 1.00 e. The Morgan fingerprint density at radius 2 is 1.44 bits per heavy atom. The third kappa shape index (κ3) is 29.2. The number of hydrogen-bond donors (Lipinski definition) is 2. The fourth-order valence-corrected chi connectivity index (χ4v) is 1.23. The van der Waals surface area contributed by atoms with Gasteiger partial charge in [-0.25, -0.2) is 0 Å². The summed E-state index contributed by atoms with van der Waals surface area (Å²) in [5, 5.41) is 15.1. The van der Waals surface area contributed by atoms with Crippen molar-refractivity contribution in [1.82, 2.24) is 0 Å². The predicted molar refractivity (Wildman–Crippen MR) is 58.6 cm³/mol. The monoisotopic (exact) mass is 280 g/mol. The number of unbranched alkanes of at least 4 members (excludes halogenated alkanes) is 6. The molecule has 0 spiro atoms. The van der Waals surface area contributed by atoms with Crippen LogP contribution in [0.2, 0.25) is 0 Å². The van der Waals surface area contributed by atoms with E-state index in [-0.39, 0.29) is 17.1 Å². The van der Waals surface area contributed by atoms with Crippen molar-refractivity contribution in [2.75, 3.05) is 0 Å². The molecule has 0 saturated heterocycles. The Morgan fingerprint density at radius 1 is 1.06 bits per heavy atom. The Bertz CT molecular complexity index is 151. The van der Waals surface area contributed by atoms with Crippen LogP contribution >= 0.6 is 0 Å². The number of carbonyl (C=O) groups is 1. The van der Waals surface area contributed by atoms with Crippen LogP contribution in [0.1, 0.15) is 58.3 Å². The standard InChI is InChI=1S/C10H20O2.CHO2.Cu/c1-2-3-4-5-6-7-8-9-10(11)12;2-1-3;/h2-9H2,1H3,(H,11,12);(H,2,3);/q;-1;+1. The fourth-order valence-electron chi connectivity index (χ4n) is 1.23. The molecule has 0 atom stereocenters. The predicted octanol–water partition coefficient (Wildman–Crippen LogP) is 2.82. The Morgan fingerprint density at radius 3 is 1.81 bits per heavy atom. The maximum atomic E-state index is 10.1. The minimum atomic E-state index is -0.663. The first-order chi connectivity index (χ1) is 7.18. The van der Waals surface area contributed by atoms with Crippen molar-refractivity contribution in [2.45, 2.75) is 58.3 Å². The summed E-state index contributed by atoms with van der Waals surface area (Å²) in [5.74, 6) is -0.663. The number of carboxylic acids is 1. The normalized spacial score (nSPS) is 8.31. The number of rotatable bonds is 8. The summed E-state index contributed by atoms with van der Waals surface area (Å²) in [7, 11) is 0. The SMILES string of the molecule is CCCCCCCCCC(=O)O.O=[C-]O.[Cu+]. The maximum absolute atomic E-state index is 10.1. The van der Waals surface area contributed by atoms with Crippen LogP contribution in [0.25, 0.3) is 0 Å². The molecule has 0 fully saturated rings. The zero-order chi connectivity index (χ0) is 11.9. The van der Waals surface area contributed by atoms with E-state index in [0.717, 1.165) is 12.8 Å². The summed E-state index contributed by atoms with van der Waals surface area (Å²) in [6.07, 6.45) is 8.64. The maximum Gasteiger partial charge on any atom is 1.00 e. The van der Waals surface area contributed by atoms with Gasteiger partial charge in [-0.15, -0.1) is 0 Å². The van der Waals surface area contributed by atoms with Crippen molar-refractivity contribution in [3.63, 3.8) is 0 Å². The summed E-state index contributed by atoms with van der Waals surface area (Å²) in [5.41, 5.74) is 0. The van der Waals surface area contributed by atoms with Crippen LogP contribution in [0.5, 0.6) is 0 Å². The van der Waals surface area contributed by atoms with E-state index in [4.69, 9.17) is 15.0 Å². The molecule has 0 amide bonds. The fraction of sp³-hybridized carbons (Fsp3) is 0.818. The van der Waals surface area contributed by atoms with Gasteiger partial charge in [0.1, 0.15) is 0 Å². The van der Waals surface area contributed by atoms with Crippen molar-refractivity contribution < 1.29 is 36.9 Å². The molecule has 100 valence electrons. The van der Waals surface area contributed by atoms with Crippen molar-refractivity contribution in [3.8, 4) is 0 Å². The van der Waals surface area contributed by atoms with Crippen LogP contribution in [-0.4, -0.2) is 22.7 Å². The van der Waals surface area contributed by atoms with Gasteiger partial charge in [-0.1, -0.05) is 51.9 Å². The molecule has 0 saturated carbocycles. The van der Waals surface area contributed by atoms with Crippen molar-refractivity contribution in [3.05, 3.63) is 0 Å². The Labute approximate surface area is 108 Å². The van der Waals surface area contributed by atoms with E-state index in [9.17, 15) is 4.79 Å². The third-order valence-electron chi connectivity index (χ3n) is 1.99. The van der Waals surface area contributed by atoms with Crippen LogP contribution in [0.3, 0.4) is 0 Å². The molecule has 0 unspecified atom stereocenters. The molecule has 0 radical (unpaired) electrons. The van der Waals surface area contributed by atoms with Crippen LogP contribution < -0.4 is 0 Å². The molecule has 0 aliphatic heterocycles. The average Bonchev–Trinajstić information content (AvgIpc) is 2.17. The van der Waals surface area contributed by atoms with Crippen molar-refractivity contribution in [2.24, 2.45) is 0 Å². The van der Waals surface area contributed by atoms with Gasteiger partial charge < -0.3 is 15.0 Å². The molecule has 0 aromatic carbocycles. The zero-order valence-electron chi connectivity index (χ0n) is 9.67. The summed E-state index contributed by atoms with van der Waals surface area (Å²) < 4.78 is 0. The first kappa shape index (κ1) is 20.8. The second-order valence-electron chi connectivity index (χ2n) is 3.36.